The van der Waals surface area contributed by atoms with Crippen molar-refractivity contribution in [3.63, 3.8) is 0 Å². The van der Waals surface area contributed by atoms with Crippen molar-refractivity contribution in [3.05, 3.63) is 24.3 Å². The summed E-state index contributed by atoms with van der Waals surface area (Å²) in [7, 11) is -8.90. The van der Waals surface area contributed by atoms with E-state index < -0.39 is 31.3 Å². The van der Waals surface area contributed by atoms with E-state index in [-0.39, 0.29) is 15.1 Å². The average Bonchev–Trinajstić information content (AvgIpc) is 2.31. The zero-order valence-corrected chi connectivity index (χ0v) is 12.1. The Morgan fingerprint density at radius 3 is 2.21 bits per heavy atom. The van der Waals surface area contributed by atoms with E-state index in [1.807, 2.05) is 0 Å². The van der Waals surface area contributed by atoms with Crippen molar-refractivity contribution in [2.24, 2.45) is 0 Å². The fraction of sp³-hybridized carbons (Fsp3) is 0.400. The van der Waals surface area contributed by atoms with Crippen molar-refractivity contribution in [2.45, 2.75) is 19.4 Å². The van der Waals surface area contributed by atoms with E-state index in [1.54, 1.807) is 0 Å². The molecule has 0 bridgehead atoms. The van der Waals surface area contributed by atoms with Crippen LogP contribution in [0.5, 0.6) is 0 Å². The largest absolute Gasteiger partial charge is 0.397 e. The van der Waals surface area contributed by atoms with Crippen LogP contribution < -0.4 is 9.44 Å². The first-order valence-corrected chi connectivity index (χ1v) is 8.51. The number of benzene rings is 1. The number of halogens is 1. The number of nitrogens with zero attached hydrogens (tertiary/aromatic N) is 1. The number of anilines is 2. The first kappa shape index (κ1) is 15.7. The number of nitrogens with two attached hydrogens (primary N) is 1. The lowest BCUT2D eigenvalue weighted by Gasteiger charge is -2.24. The second kappa shape index (κ2) is 5.33. The number of hydrogen-bond donors (Lipinski definition) is 1. The molecule has 2 N–H and O–H groups in total. The second-order valence-electron chi connectivity index (χ2n) is 3.74. The predicted octanol–water partition coefficient (Wildman–Crippen LogP) is 1.07. The summed E-state index contributed by atoms with van der Waals surface area (Å²) < 4.78 is 61.0. The minimum Gasteiger partial charge on any atom is -0.397 e. The molecule has 0 heterocycles. The highest BCUT2D eigenvalue weighted by atomic mass is 32.3. The maximum absolute atomic E-state index is 13.3. The first-order valence-electron chi connectivity index (χ1n) is 5.40. The van der Waals surface area contributed by atoms with Crippen LogP contribution in [0.25, 0.3) is 0 Å². The van der Waals surface area contributed by atoms with Crippen LogP contribution in [-0.2, 0) is 20.0 Å². The molecule has 1 aromatic carbocycles. The Balaban J connectivity index is 3.61. The zero-order chi connectivity index (χ0) is 14.8. The molecule has 0 saturated carbocycles. The van der Waals surface area contributed by atoms with Gasteiger partial charge in [-0.3, -0.25) is 0 Å². The Hall–Kier alpha value is -1.35. The van der Waals surface area contributed by atoms with Gasteiger partial charge in [-0.25, -0.2) is 21.2 Å². The molecule has 6 nitrogen and oxygen atoms in total. The average molecular weight is 310 g/mol. The lowest BCUT2D eigenvalue weighted by atomic mass is 10.3. The summed E-state index contributed by atoms with van der Waals surface area (Å²) in [5.41, 5.74) is 2.87. The minimum atomic E-state index is -4.69. The summed E-state index contributed by atoms with van der Waals surface area (Å²) in [6.07, 6.45) is 0. The maximum Gasteiger partial charge on any atom is 0.280 e. The molecule has 0 radical (unpaired) electrons. The van der Waals surface area contributed by atoms with Crippen LogP contribution in [0.3, 0.4) is 0 Å². The molecule has 1 atom stereocenters. The van der Waals surface area contributed by atoms with Gasteiger partial charge in [0.25, 0.3) is 10.0 Å². The highest BCUT2D eigenvalue weighted by Crippen LogP contribution is 2.30. The smallest absolute Gasteiger partial charge is 0.280 e. The molecule has 0 fully saturated rings. The van der Waals surface area contributed by atoms with Gasteiger partial charge in [0, 0.05) is 0 Å². The summed E-state index contributed by atoms with van der Waals surface area (Å²) in [6.45, 7) is 2.02. The van der Waals surface area contributed by atoms with Crippen LogP contribution in [0.15, 0.2) is 24.3 Å². The first-order chi connectivity index (χ1) is 8.64. The molecule has 0 aliphatic heterocycles. The standard InChI is InChI=1S/C10H15FN2O4S2/c1-3-18(14,15)13(19(16,17)8(2)11)10-7-5-4-6-9(10)12/h4-8H,3,12H2,1-2H3. The third-order valence-electron chi connectivity index (χ3n) is 2.39. The van der Waals surface area contributed by atoms with E-state index >= 15 is 0 Å². The van der Waals surface area contributed by atoms with Crippen molar-refractivity contribution in [3.8, 4) is 0 Å². The molecule has 0 aromatic heterocycles. The molecule has 0 aliphatic rings. The highest BCUT2D eigenvalue weighted by Gasteiger charge is 2.38. The van der Waals surface area contributed by atoms with Gasteiger partial charge in [-0.2, -0.15) is 3.71 Å². The van der Waals surface area contributed by atoms with Crippen molar-refractivity contribution in [2.75, 3.05) is 15.2 Å². The number of para-hydroxylation sites is 2. The summed E-state index contributed by atoms with van der Waals surface area (Å²) in [5.74, 6) is -0.493. The van der Waals surface area contributed by atoms with E-state index in [9.17, 15) is 21.2 Å². The minimum absolute atomic E-state index is 0.0660. The van der Waals surface area contributed by atoms with Gasteiger partial charge in [0.05, 0.1) is 17.1 Å². The van der Waals surface area contributed by atoms with Crippen LogP contribution in [0.2, 0.25) is 0 Å². The molecule has 1 unspecified atom stereocenters. The van der Waals surface area contributed by atoms with Crippen LogP contribution in [-0.4, -0.2) is 28.1 Å². The molecule has 0 aliphatic carbocycles. The quantitative estimate of drug-likeness (QED) is 0.820. The van der Waals surface area contributed by atoms with Gasteiger partial charge >= 0.3 is 0 Å². The van der Waals surface area contributed by atoms with Crippen LogP contribution >= 0.6 is 0 Å². The SMILES string of the molecule is CCS(=O)(=O)N(c1ccccc1N)S(=O)(=O)C(C)F. The summed E-state index contributed by atoms with van der Waals surface area (Å²) in [5, 5.41) is 0. The molecule has 1 aromatic rings. The lowest BCUT2D eigenvalue weighted by Crippen LogP contribution is -2.41. The normalized spacial score (nSPS) is 14.1. The Labute approximate surface area is 112 Å². The molecule has 0 amide bonds. The Morgan fingerprint density at radius 1 is 1.26 bits per heavy atom. The molecular formula is C10H15FN2O4S2. The third kappa shape index (κ3) is 2.98. The van der Waals surface area contributed by atoms with Gasteiger partial charge in [0.15, 0.2) is 0 Å². The summed E-state index contributed by atoms with van der Waals surface area (Å²) >= 11 is 0. The molecule has 0 saturated heterocycles. The monoisotopic (exact) mass is 310 g/mol. The Kier molecular flexibility index (Phi) is 4.41. The van der Waals surface area contributed by atoms with Gasteiger partial charge in [0.2, 0.25) is 15.5 Å². The van der Waals surface area contributed by atoms with Crippen molar-refractivity contribution in [1.29, 1.82) is 0 Å². The number of sulfonamides is 2. The molecular weight excluding hydrogens is 295 g/mol. The number of hydrogen-bond acceptors (Lipinski definition) is 5. The Morgan fingerprint density at radius 2 is 1.79 bits per heavy atom. The van der Waals surface area contributed by atoms with Crippen LogP contribution in [0.4, 0.5) is 15.8 Å². The maximum atomic E-state index is 13.3. The van der Waals surface area contributed by atoms with E-state index in [2.05, 4.69) is 0 Å². The number of alkyl halides is 1. The van der Waals surface area contributed by atoms with E-state index in [0.717, 1.165) is 6.92 Å². The van der Waals surface area contributed by atoms with E-state index in [0.29, 0.717) is 0 Å². The van der Waals surface area contributed by atoms with E-state index in [1.165, 1.54) is 31.2 Å². The fourth-order valence-corrected chi connectivity index (χ4v) is 4.69. The predicted molar refractivity (Wildman–Crippen MR) is 72.3 cm³/mol. The summed E-state index contributed by atoms with van der Waals surface area (Å²) in [4.78, 5) is 0. The molecule has 9 heteroatoms. The highest BCUT2D eigenvalue weighted by molar-refractivity contribution is 8.10. The fourth-order valence-electron chi connectivity index (χ4n) is 1.35. The van der Waals surface area contributed by atoms with Crippen LogP contribution in [0.1, 0.15) is 13.8 Å². The topological polar surface area (TPSA) is 97.5 Å². The molecule has 1 rings (SSSR count). The number of rotatable bonds is 5. The van der Waals surface area contributed by atoms with Gasteiger partial charge < -0.3 is 5.73 Å². The van der Waals surface area contributed by atoms with E-state index in [4.69, 9.17) is 5.73 Å². The molecule has 108 valence electrons. The van der Waals surface area contributed by atoms with Crippen molar-refractivity contribution < 1.29 is 21.2 Å². The lowest BCUT2D eigenvalue weighted by molar-refractivity contribution is 0.444. The van der Waals surface area contributed by atoms with Gasteiger partial charge in [-0.05, 0) is 26.0 Å². The number of nitrogen functional groups attached to an aromatic ring is 1. The van der Waals surface area contributed by atoms with Gasteiger partial charge in [0.1, 0.15) is 0 Å². The third-order valence-corrected chi connectivity index (χ3v) is 6.61. The van der Waals surface area contributed by atoms with Crippen molar-refractivity contribution >= 4 is 31.4 Å². The summed E-state index contributed by atoms with van der Waals surface area (Å²) in [6, 6.07) is 5.48. The van der Waals surface area contributed by atoms with Gasteiger partial charge in [-0.15, -0.1) is 0 Å². The molecule has 0 spiro atoms. The van der Waals surface area contributed by atoms with Crippen LogP contribution in [0, 0.1) is 0 Å². The van der Waals surface area contributed by atoms with Gasteiger partial charge in [-0.1, -0.05) is 12.1 Å². The van der Waals surface area contributed by atoms with Crippen molar-refractivity contribution in [1.82, 2.24) is 0 Å². The zero-order valence-electron chi connectivity index (χ0n) is 10.4. The molecule has 19 heavy (non-hydrogen) atoms. The second-order valence-corrected chi connectivity index (χ2v) is 8.13. The Bertz CT molecular complexity index is 656.